The summed E-state index contributed by atoms with van der Waals surface area (Å²) in [7, 11) is 2.92. The first kappa shape index (κ1) is 19.6. The van der Waals surface area contributed by atoms with E-state index >= 15 is 0 Å². The summed E-state index contributed by atoms with van der Waals surface area (Å²) >= 11 is 3.33. The summed E-state index contributed by atoms with van der Waals surface area (Å²) in [5.74, 6) is -1.52. The number of benzene rings is 2. The van der Waals surface area contributed by atoms with Crippen LogP contribution >= 0.6 is 15.9 Å². The molecule has 0 unspecified atom stereocenters. The van der Waals surface area contributed by atoms with Crippen LogP contribution in [0.5, 0.6) is 11.5 Å². The van der Waals surface area contributed by atoms with Crippen molar-refractivity contribution in [1.29, 1.82) is 0 Å². The van der Waals surface area contributed by atoms with Crippen molar-refractivity contribution in [3.8, 4) is 11.5 Å². The van der Waals surface area contributed by atoms with Gasteiger partial charge in [-0.2, -0.15) is 0 Å². The highest BCUT2D eigenvalue weighted by Gasteiger charge is 2.37. The Labute approximate surface area is 167 Å². The number of anilines is 1. The zero-order valence-corrected chi connectivity index (χ0v) is 16.4. The third-order valence-corrected chi connectivity index (χ3v) is 4.52. The van der Waals surface area contributed by atoms with Crippen LogP contribution in [0.2, 0.25) is 0 Å². The Bertz CT molecular complexity index is 1020. The Morgan fingerprint density at radius 2 is 1.86 bits per heavy atom. The van der Waals surface area contributed by atoms with E-state index in [1.54, 1.807) is 12.1 Å². The lowest BCUT2D eigenvalue weighted by molar-refractivity contribution is -0.122. The molecule has 1 heterocycles. The molecule has 2 aromatic carbocycles. The Kier molecular flexibility index (Phi) is 5.46. The van der Waals surface area contributed by atoms with Gasteiger partial charge < -0.3 is 9.47 Å². The summed E-state index contributed by atoms with van der Waals surface area (Å²) in [5, 5.41) is 2.08. The van der Waals surface area contributed by atoms with Crippen LogP contribution in [0.3, 0.4) is 0 Å². The molecular weight excluding hydrogens is 435 g/mol. The number of imide groups is 2. The van der Waals surface area contributed by atoms with Crippen LogP contribution in [0, 0.1) is 5.82 Å². The number of hydrogen-bond acceptors (Lipinski definition) is 5. The van der Waals surface area contributed by atoms with E-state index in [1.165, 1.54) is 38.5 Å². The van der Waals surface area contributed by atoms with E-state index in [1.807, 2.05) is 0 Å². The summed E-state index contributed by atoms with van der Waals surface area (Å²) in [6.45, 7) is 0. The van der Waals surface area contributed by atoms with Crippen molar-refractivity contribution in [3.63, 3.8) is 0 Å². The number of ether oxygens (including phenoxy) is 2. The Morgan fingerprint density at radius 3 is 2.50 bits per heavy atom. The first-order valence-corrected chi connectivity index (χ1v) is 8.73. The third kappa shape index (κ3) is 3.61. The van der Waals surface area contributed by atoms with Crippen molar-refractivity contribution in [1.82, 2.24) is 5.32 Å². The SMILES string of the molecule is COc1cc(/C=C2/C(=O)NC(=O)N(c3cccc(F)c3)C2=O)cc(Br)c1OC. The Morgan fingerprint density at radius 1 is 1.11 bits per heavy atom. The molecular formula is C19H14BrFN2O5. The van der Waals surface area contributed by atoms with Gasteiger partial charge in [-0.1, -0.05) is 6.07 Å². The van der Waals surface area contributed by atoms with Crippen LogP contribution in [-0.4, -0.2) is 32.1 Å². The van der Waals surface area contributed by atoms with Crippen molar-refractivity contribution in [3.05, 3.63) is 57.8 Å². The molecule has 1 aliphatic rings. The van der Waals surface area contributed by atoms with Crippen LogP contribution in [-0.2, 0) is 9.59 Å². The summed E-state index contributed by atoms with van der Waals surface area (Å²) in [6.07, 6.45) is 1.31. The van der Waals surface area contributed by atoms with E-state index in [0.717, 1.165) is 6.07 Å². The number of carbonyl (C=O) groups is 3. The van der Waals surface area contributed by atoms with Crippen LogP contribution in [0.15, 0.2) is 46.4 Å². The highest BCUT2D eigenvalue weighted by molar-refractivity contribution is 9.10. The molecule has 0 radical (unpaired) electrons. The van der Waals surface area contributed by atoms with E-state index in [-0.39, 0.29) is 11.3 Å². The maximum Gasteiger partial charge on any atom is 0.335 e. The molecule has 9 heteroatoms. The topological polar surface area (TPSA) is 84.9 Å². The van der Waals surface area contributed by atoms with Crippen molar-refractivity contribution in [2.45, 2.75) is 0 Å². The van der Waals surface area contributed by atoms with Crippen molar-refractivity contribution in [2.75, 3.05) is 19.1 Å². The van der Waals surface area contributed by atoms with Crippen molar-refractivity contribution in [2.24, 2.45) is 0 Å². The number of rotatable bonds is 4. The molecule has 0 spiro atoms. The molecule has 7 nitrogen and oxygen atoms in total. The number of amides is 4. The molecule has 0 atom stereocenters. The van der Waals surface area contributed by atoms with Crippen molar-refractivity contribution < 1.29 is 28.2 Å². The number of nitrogens with zero attached hydrogens (tertiary/aromatic N) is 1. The fourth-order valence-electron chi connectivity index (χ4n) is 2.70. The molecule has 2 aromatic rings. The zero-order chi connectivity index (χ0) is 20.4. The van der Waals surface area contributed by atoms with E-state index in [4.69, 9.17) is 9.47 Å². The van der Waals surface area contributed by atoms with Gasteiger partial charge in [-0.15, -0.1) is 0 Å². The fourth-order valence-corrected chi connectivity index (χ4v) is 3.32. The Balaban J connectivity index is 2.06. The highest BCUT2D eigenvalue weighted by Crippen LogP contribution is 2.37. The van der Waals surface area contributed by atoms with Gasteiger partial charge >= 0.3 is 6.03 Å². The first-order chi connectivity index (χ1) is 13.3. The minimum Gasteiger partial charge on any atom is -0.493 e. The lowest BCUT2D eigenvalue weighted by atomic mass is 10.1. The summed E-state index contributed by atoms with van der Waals surface area (Å²) in [6, 6.07) is 7.19. The highest BCUT2D eigenvalue weighted by atomic mass is 79.9. The lowest BCUT2D eigenvalue weighted by Crippen LogP contribution is -2.54. The van der Waals surface area contributed by atoms with Crippen LogP contribution < -0.4 is 19.7 Å². The standard InChI is InChI=1S/C19H14BrFN2O5/c1-27-15-8-10(7-14(20)16(15)28-2)6-13-17(24)22-19(26)23(18(13)25)12-5-3-4-11(21)9-12/h3-9H,1-2H3,(H,22,24,26)/b13-6-. The molecule has 0 aromatic heterocycles. The molecule has 1 aliphatic heterocycles. The number of hydrogen-bond donors (Lipinski definition) is 1. The summed E-state index contributed by atoms with van der Waals surface area (Å²) in [4.78, 5) is 37.9. The Hall–Kier alpha value is -3.20. The van der Waals surface area contributed by atoms with Gasteiger partial charge in [0, 0.05) is 0 Å². The predicted molar refractivity (Wildman–Crippen MR) is 103 cm³/mol. The first-order valence-electron chi connectivity index (χ1n) is 7.94. The summed E-state index contributed by atoms with van der Waals surface area (Å²) < 4.78 is 24.5. The van der Waals surface area contributed by atoms with Gasteiger partial charge in [0.05, 0.1) is 24.4 Å². The maximum atomic E-state index is 13.5. The molecule has 144 valence electrons. The van der Waals surface area contributed by atoms with Crippen molar-refractivity contribution >= 4 is 45.5 Å². The molecule has 4 amide bonds. The average molecular weight is 449 g/mol. The maximum absolute atomic E-state index is 13.5. The van der Waals surface area contributed by atoms with Gasteiger partial charge in [0.1, 0.15) is 11.4 Å². The number of barbiturate groups is 1. The van der Waals surface area contributed by atoms with Gasteiger partial charge in [0.25, 0.3) is 11.8 Å². The van der Waals surface area contributed by atoms with E-state index in [2.05, 4.69) is 21.2 Å². The zero-order valence-electron chi connectivity index (χ0n) is 14.8. The van der Waals surface area contributed by atoms with Gasteiger partial charge in [0.2, 0.25) is 0 Å². The number of halogens is 2. The predicted octanol–water partition coefficient (Wildman–Crippen LogP) is 3.27. The molecule has 3 rings (SSSR count). The van der Waals surface area contributed by atoms with Gasteiger partial charge in [-0.05, 0) is 57.9 Å². The number of nitrogens with one attached hydrogen (secondary N) is 1. The molecule has 0 saturated carbocycles. The molecule has 1 saturated heterocycles. The number of carbonyl (C=O) groups excluding carboxylic acids is 3. The van der Waals surface area contributed by atoms with Crippen LogP contribution in [0.4, 0.5) is 14.9 Å². The second kappa shape index (κ2) is 7.81. The quantitative estimate of drug-likeness (QED) is 0.572. The van der Waals surface area contributed by atoms with E-state index < -0.39 is 23.7 Å². The number of methoxy groups -OCH3 is 2. The largest absolute Gasteiger partial charge is 0.493 e. The van der Waals surface area contributed by atoms with E-state index in [0.29, 0.717) is 26.4 Å². The minimum absolute atomic E-state index is 0.00870. The average Bonchev–Trinajstić information content (AvgIpc) is 2.64. The van der Waals surface area contributed by atoms with Gasteiger partial charge in [-0.3, -0.25) is 14.9 Å². The fraction of sp³-hybridized carbons (Fsp3) is 0.105. The molecule has 0 bridgehead atoms. The monoisotopic (exact) mass is 448 g/mol. The molecule has 0 aliphatic carbocycles. The van der Waals surface area contributed by atoms with Gasteiger partial charge in [-0.25, -0.2) is 14.1 Å². The second-order valence-corrected chi connectivity index (χ2v) is 6.53. The lowest BCUT2D eigenvalue weighted by Gasteiger charge is -2.26. The smallest absolute Gasteiger partial charge is 0.335 e. The normalized spacial score (nSPS) is 15.6. The van der Waals surface area contributed by atoms with Gasteiger partial charge in [0.15, 0.2) is 11.5 Å². The molecule has 28 heavy (non-hydrogen) atoms. The minimum atomic E-state index is -0.953. The number of urea groups is 1. The van der Waals surface area contributed by atoms with Crippen LogP contribution in [0.1, 0.15) is 5.56 Å². The molecule has 1 fully saturated rings. The van der Waals surface area contributed by atoms with E-state index in [9.17, 15) is 18.8 Å². The second-order valence-electron chi connectivity index (χ2n) is 5.68. The van der Waals surface area contributed by atoms with Crippen LogP contribution in [0.25, 0.3) is 6.08 Å². The molecule has 1 N–H and O–H groups in total. The third-order valence-electron chi connectivity index (χ3n) is 3.93. The summed E-state index contributed by atoms with van der Waals surface area (Å²) in [5.41, 5.74) is 0.175.